The van der Waals surface area contributed by atoms with Crippen LogP contribution in [-0.2, 0) is 0 Å². The van der Waals surface area contributed by atoms with Crippen LogP contribution in [0.1, 0.15) is 11.1 Å². The molecule has 4 aromatic rings. The first-order valence-electron chi connectivity index (χ1n) is 8.04. The van der Waals surface area contributed by atoms with Crippen LogP contribution in [0.25, 0.3) is 34.0 Å². The summed E-state index contributed by atoms with van der Waals surface area (Å²) < 4.78 is 0. The molecule has 1 aromatic heterocycles. The molecule has 5 heteroatoms. The van der Waals surface area contributed by atoms with Gasteiger partial charge in [0.2, 0.25) is 0 Å². The maximum Gasteiger partial charge on any atom is 0.269 e. The van der Waals surface area contributed by atoms with Gasteiger partial charge in [0.15, 0.2) is 0 Å². The van der Waals surface area contributed by atoms with Gasteiger partial charge in [-0.15, -0.1) is 5.75 Å². The van der Waals surface area contributed by atoms with Crippen molar-refractivity contribution in [2.45, 2.75) is 0 Å². The predicted octanol–water partition coefficient (Wildman–Crippen LogP) is 4.54. The summed E-state index contributed by atoms with van der Waals surface area (Å²) in [5, 5.41) is 24.9. The van der Waals surface area contributed by atoms with Crippen LogP contribution in [0.3, 0.4) is 0 Å². The van der Waals surface area contributed by atoms with Gasteiger partial charge >= 0.3 is 0 Å². The van der Waals surface area contributed by atoms with Crippen molar-refractivity contribution < 1.29 is 10.0 Å². The van der Waals surface area contributed by atoms with Gasteiger partial charge < -0.3 is 5.11 Å². The van der Waals surface area contributed by atoms with Crippen molar-refractivity contribution in [3.63, 3.8) is 0 Å². The Hall–Kier alpha value is -3.73. The second-order valence-corrected chi connectivity index (χ2v) is 5.87. The van der Waals surface area contributed by atoms with Gasteiger partial charge in [-0.25, -0.2) is 4.98 Å². The van der Waals surface area contributed by atoms with E-state index in [1.54, 1.807) is 6.08 Å². The molecule has 0 radical (unpaired) electrons. The highest BCUT2D eigenvalue weighted by Gasteiger charge is 2.08. The molecule has 0 amide bonds. The van der Waals surface area contributed by atoms with Crippen LogP contribution in [0.2, 0.25) is 0 Å². The molecule has 126 valence electrons. The van der Waals surface area contributed by atoms with E-state index < -0.39 is 4.92 Å². The van der Waals surface area contributed by atoms with E-state index in [0.29, 0.717) is 0 Å². The third-order valence-corrected chi connectivity index (χ3v) is 4.26. The topological polar surface area (TPSA) is 79.1 Å². The number of aromatic nitrogens is 1. The zero-order valence-corrected chi connectivity index (χ0v) is 13.6. The number of non-ortho nitro benzene ring substituents is 1. The lowest BCUT2D eigenvalue weighted by atomic mass is 10.0. The Morgan fingerprint density at radius 3 is 2.08 bits per heavy atom. The van der Waals surface area contributed by atoms with Crippen LogP contribution in [0, 0.1) is 10.1 Å². The van der Waals surface area contributed by atoms with E-state index in [1.807, 2.05) is 54.6 Å². The zero-order chi connectivity index (χ0) is 18.1. The third-order valence-electron chi connectivity index (χ3n) is 4.26. The molecule has 0 unspecified atom stereocenters. The quantitative estimate of drug-likeness (QED) is 0.311. The number of nitro groups is 1. The highest BCUT2D eigenvalue weighted by atomic mass is 16.6. The molecular weight excluding hydrogens is 328 g/mol. The first-order chi connectivity index (χ1) is 12.6. The maximum absolute atomic E-state index is 12.1. The molecule has 0 spiro atoms. The number of hydrogen-bond acceptors (Lipinski definition) is 4. The van der Waals surface area contributed by atoms with Crippen LogP contribution in [0.5, 0.6) is 5.75 Å². The molecule has 5 nitrogen and oxygen atoms in total. The minimum Gasteiger partial charge on any atom is -0.872 e. The molecule has 0 bridgehead atoms. The second kappa shape index (κ2) is 6.29. The summed E-state index contributed by atoms with van der Waals surface area (Å²) in [5.41, 5.74) is 2.81. The number of nitrogens with zero attached hydrogens (tertiary/aromatic N) is 2. The lowest BCUT2D eigenvalue weighted by Gasteiger charge is -2.10. The molecule has 1 heterocycles. The summed E-state index contributed by atoms with van der Waals surface area (Å²) in [4.78, 5) is 15.1. The SMILES string of the molecule is O=[N+]([O-])c1ccc([O-])c(/C=C/c2c3ccccc3nc3ccccc23)c1. The van der Waals surface area contributed by atoms with Crippen molar-refractivity contribution in [3.8, 4) is 5.75 Å². The number of fused-ring (bicyclic) bond motifs is 2. The molecule has 0 atom stereocenters. The predicted molar refractivity (Wildman–Crippen MR) is 101 cm³/mol. The van der Waals surface area contributed by atoms with Crippen molar-refractivity contribution in [2.24, 2.45) is 0 Å². The van der Waals surface area contributed by atoms with E-state index in [4.69, 9.17) is 0 Å². The zero-order valence-electron chi connectivity index (χ0n) is 13.6. The highest BCUT2D eigenvalue weighted by Crippen LogP contribution is 2.29. The van der Waals surface area contributed by atoms with Crippen molar-refractivity contribution in [1.82, 2.24) is 4.98 Å². The Bertz CT molecular complexity index is 1130. The van der Waals surface area contributed by atoms with Gasteiger partial charge in [-0.1, -0.05) is 54.6 Å². The van der Waals surface area contributed by atoms with Gasteiger partial charge in [0.1, 0.15) is 0 Å². The first-order valence-corrected chi connectivity index (χ1v) is 8.04. The van der Waals surface area contributed by atoms with E-state index >= 15 is 0 Å². The molecule has 0 fully saturated rings. The Labute approximate surface area is 149 Å². The molecule has 0 N–H and O–H groups in total. The van der Waals surface area contributed by atoms with Crippen LogP contribution < -0.4 is 5.11 Å². The lowest BCUT2D eigenvalue weighted by Crippen LogP contribution is -1.95. The molecule has 3 aromatic carbocycles. The first kappa shape index (κ1) is 15.8. The normalized spacial score (nSPS) is 11.4. The largest absolute Gasteiger partial charge is 0.872 e. The Morgan fingerprint density at radius 2 is 1.46 bits per heavy atom. The van der Waals surface area contributed by atoms with Crippen LogP contribution in [0.15, 0.2) is 66.7 Å². The minimum absolute atomic E-state index is 0.103. The van der Waals surface area contributed by atoms with Crippen LogP contribution >= 0.6 is 0 Å². The summed E-state index contributed by atoms with van der Waals surface area (Å²) in [5.74, 6) is -0.255. The highest BCUT2D eigenvalue weighted by molar-refractivity contribution is 6.04. The van der Waals surface area contributed by atoms with E-state index in [2.05, 4.69) is 4.98 Å². The lowest BCUT2D eigenvalue weighted by molar-refractivity contribution is -0.385. The van der Waals surface area contributed by atoms with Crippen molar-refractivity contribution in [3.05, 3.63) is 88.0 Å². The summed E-state index contributed by atoms with van der Waals surface area (Å²) in [6, 6.07) is 19.3. The number of para-hydroxylation sites is 2. The van der Waals surface area contributed by atoms with Gasteiger partial charge in [0.05, 0.1) is 16.0 Å². The summed E-state index contributed by atoms with van der Waals surface area (Å²) in [6.45, 7) is 0. The molecule has 4 rings (SSSR count). The van der Waals surface area contributed by atoms with Crippen molar-refractivity contribution in [1.29, 1.82) is 0 Å². The maximum atomic E-state index is 12.1. The van der Waals surface area contributed by atoms with Gasteiger partial charge in [0, 0.05) is 22.9 Å². The molecule has 0 saturated carbocycles. The molecule has 0 aliphatic carbocycles. The Morgan fingerprint density at radius 1 is 0.846 bits per heavy atom. The van der Waals surface area contributed by atoms with Crippen LogP contribution in [-0.4, -0.2) is 9.91 Å². The van der Waals surface area contributed by atoms with E-state index in [-0.39, 0.29) is 17.0 Å². The standard InChI is InChI=1S/C21H14N2O3/c24-21-12-10-15(23(25)26)13-14(21)9-11-16-17-5-1-3-7-19(17)22-20-8-4-2-6-18(16)20/h1-13,24H/p-1/b11-9+. The van der Waals surface area contributed by atoms with Gasteiger partial charge in [-0.05, 0) is 23.3 Å². The fourth-order valence-electron chi connectivity index (χ4n) is 3.00. The summed E-state index contributed by atoms with van der Waals surface area (Å²) in [6.07, 6.45) is 3.45. The average Bonchev–Trinajstić information content (AvgIpc) is 2.66. The van der Waals surface area contributed by atoms with E-state index in [0.717, 1.165) is 27.4 Å². The number of rotatable bonds is 3. The molecule has 26 heavy (non-hydrogen) atoms. The number of benzene rings is 3. The average molecular weight is 341 g/mol. The van der Waals surface area contributed by atoms with E-state index in [9.17, 15) is 15.2 Å². The van der Waals surface area contributed by atoms with Crippen molar-refractivity contribution >= 4 is 39.6 Å². The fourth-order valence-corrected chi connectivity index (χ4v) is 3.00. The van der Waals surface area contributed by atoms with Crippen LogP contribution in [0.4, 0.5) is 5.69 Å². The minimum atomic E-state index is -0.506. The molecule has 0 aliphatic heterocycles. The smallest absolute Gasteiger partial charge is 0.269 e. The fraction of sp³-hybridized carbons (Fsp3) is 0. The van der Waals surface area contributed by atoms with E-state index in [1.165, 1.54) is 18.2 Å². The monoisotopic (exact) mass is 341 g/mol. The number of pyridine rings is 1. The summed E-state index contributed by atoms with van der Waals surface area (Å²) >= 11 is 0. The molecule has 0 aliphatic rings. The van der Waals surface area contributed by atoms with Gasteiger partial charge in [-0.2, -0.15) is 0 Å². The molecule has 0 saturated heterocycles. The third kappa shape index (κ3) is 2.75. The number of hydrogen-bond donors (Lipinski definition) is 0. The number of nitro benzene ring substituents is 1. The second-order valence-electron chi connectivity index (χ2n) is 5.87. The Balaban J connectivity index is 1.92. The Kier molecular flexibility index (Phi) is 3.82. The van der Waals surface area contributed by atoms with Gasteiger partial charge in [-0.3, -0.25) is 10.1 Å². The van der Waals surface area contributed by atoms with Crippen molar-refractivity contribution in [2.75, 3.05) is 0 Å². The summed E-state index contributed by atoms with van der Waals surface area (Å²) in [7, 11) is 0. The molecular formula is C21H13N2O3-. The van der Waals surface area contributed by atoms with Gasteiger partial charge in [0.25, 0.3) is 5.69 Å².